The Morgan fingerprint density at radius 3 is 2.48 bits per heavy atom. The molecule has 1 aromatic heterocycles. The summed E-state index contributed by atoms with van der Waals surface area (Å²) in [6.07, 6.45) is 6.70. The fourth-order valence-electron chi connectivity index (χ4n) is 4.04. The molecular formula is C17H27N3O. The number of ether oxygens (including phenoxy) is 1. The van der Waals surface area contributed by atoms with Crippen LogP contribution in [0.15, 0.2) is 0 Å². The normalized spacial score (nSPS) is 26.4. The first kappa shape index (κ1) is 14.8. The van der Waals surface area contributed by atoms with Gasteiger partial charge in [0.2, 0.25) is 0 Å². The molecule has 2 atom stereocenters. The van der Waals surface area contributed by atoms with Crippen molar-refractivity contribution in [3.63, 3.8) is 0 Å². The van der Waals surface area contributed by atoms with Gasteiger partial charge in [-0.3, -0.25) is 4.90 Å². The average Bonchev–Trinajstić information content (AvgIpc) is 2.46. The van der Waals surface area contributed by atoms with Gasteiger partial charge in [0.25, 0.3) is 0 Å². The maximum Gasteiger partial charge on any atom is 0.161 e. The second-order valence-corrected chi connectivity index (χ2v) is 6.58. The van der Waals surface area contributed by atoms with E-state index in [-0.39, 0.29) is 0 Å². The minimum Gasteiger partial charge on any atom is -0.489 e. The summed E-state index contributed by atoms with van der Waals surface area (Å²) in [6.45, 7) is 9.36. The molecule has 2 saturated heterocycles. The number of aromatic nitrogens is 2. The molecule has 4 heteroatoms. The number of hydrogen-bond donors (Lipinski definition) is 0. The molecule has 0 aliphatic carbocycles. The van der Waals surface area contributed by atoms with Gasteiger partial charge in [-0.25, -0.2) is 9.97 Å². The molecule has 0 radical (unpaired) electrons. The summed E-state index contributed by atoms with van der Waals surface area (Å²) in [7, 11) is 0. The van der Waals surface area contributed by atoms with E-state index >= 15 is 0 Å². The minimum absolute atomic E-state index is 0.666. The third kappa shape index (κ3) is 3.20. The highest BCUT2D eigenvalue weighted by atomic mass is 16.5. The van der Waals surface area contributed by atoms with Crippen LogP contribution < -0.4 is 4.74 Å². The zero-order valence-electron chi connectivity index (χ0n) is 13.6. The van der Waals surface area contributed by atoms with E-state index in [4.69, 9.17) is 4.74 Å². The molecule has 116 valence electrons. The topological polar surface area (TPSA) is 38.2 Å². The Balaban J connectivity index is 1.67. The van der Waals surface area contributed by atoms with Gasteiger partial charge in [0.05, 0.1) is 18.0 Å². The predicted molar refractivity (Wildman–Crippen MR) is 83.7 cm³/mol. The molecule has 0 bridgehead atoms. The molecule has 4 nitrogen and oxygen atoms in total. The van der Waals surface area contributed by atoms with Crippen molar-refractivity contribution in [2.75, 3.05) is 19.7 Å². The maximum absolute atomic E-state index is 6.16. The molecule has 0 aromatic carbocycles. The number of hydrogen-bond acceptors (Lipinski definition) is 4. The first-order valence-corrected chi connectivity index (χ1v) is 8.34. The number of aryl methyl sites for hydroxylation is 3. The van der Waals surface area contributed by atoms with Crippen LogP contribution in [0.4, 0.5) is 0 Å². The van der Waals surface area contributed by atoms with E-state index in [2.05, 4.69) is 14.9 Å². The molecule has 0 saturated carbocycles. The lowest BCUT2D eigenvalue weighted by Crippen LogP contribution is -2.49. The zero-order valence-corrected chi connectivity index (χ0v) is 13.6. The second kappa shape index (κ2) is 6.30. The van der Waals surface area contributed by atoms with Crippen molar-refractivity contribution < 1.29 is 4.74 Å². The van der Waals surface area contributed by atoms with Crippen molar-refractivity contribution in [2.45, 2.75) is 58.9 Å². The lowest BCUT2D eigenvalue weighted by Gasteiger charge is -2.44. The van der Waals surface area contributed by atoms with E-state index in [1.807, 2.05) is 20.8 Å². The average molecular weight is 289 g/mol. The Morgan fingerprint density at radius 2 is 1.71 bits per heavy atom. The van der Waals surface area contributed by atoms with Crippen molar-refractivity contribution in [1.29, 1.82) is 0 Å². The lowest BCUT2D eigenvalue weighted by molar-refractivity contribution is 0.0361. The van der Waals surface area contributed by atoms with Gasteiger partial charge in [0.15, 0.2) is 5.75 Å². The highest BCUT2D eigenvalue weighted by molar-refractivity contribution is 5.31. The van der Waals surface area contributed by atoms with E-state index in [1.54, 1.807) is 0 Å². The Kier molecular flexibility index (Phi) is 4.43. The highest BCUT2D eigenvalue weighted by Crippen LogP contribution is 2.32. The summed E-state index contributed by atoms with van der Waals surface area (Å²) in [4.78, 5) is 11.6. The Hall–Kier alpha value is -1.16. The minimum atomic E-state index is 0.666. The van der Waals surface area contributed by atoms with Gasteiger partial charge in [-0.1, -0.05) is 6.42 Å². The molecule has 2 aliphatic rings. The standard InChI is InChI=1S/C17H27N3O/c1-12-17(13(2)19-14(3)18-12)21-11-15-7-6-10-20-9-5-4-8-16(15)20/h15-16H,4-11H2,1-3H3/t15-,16+/m0/s1. The van der Waals surface area contributed by atoms with Crippen LogP contribution in [0.5, 0.6) is 5.75 Å². The van der Waals surface area contributed by atoms with Gasteiger partial charge in [0, 0.05) is 12.0 Å². The lowest BCUT2D eigenvalue weighted by atomic mass is 9.84. The Bertz CT molecular complexity index is 478. The van der Waals surface area contributed by atoms with Crippen molar-refractivity contribution in [2.24, 2.45) is 5.92 Å². The summed E-state index contributed by atoms with van der Waals surface area (Å²) in [5.41, 5.74) is 1.94. The van der Waals surface area contributed by atoms with Gasteiger partial charge in [0.1, 0.15) is 5.82 Å². The van der Waals surface area contributed by atoms with Crippen molar-refractivity contribution >= 4 is 0 Å². The van der Waals surface area contributed by atoms with Crippen molar-refractivity contribution in [3.8, 4) is 5.75 Å². The predicted octanol–water partition coefficient (Wildman–Crippen LogP) is 3.05. The summed E-state index contributed by atoms with van der Waals surface area (Å²) in [5, 5.41) is 0. The molecule has 3 rings (SSSR count). The van der Waals surface area contributed by atoms with Crippen LogP contribution in [0.3, 0.4) is 0 Å². The number of nitrogens with zero attached hydrogens (tertiary/aromatic N) is 3. The van der Waals surface area contributed by atoms with Crippen LogP contribution >= 0.6 is 0 Å². The SMILES string of the molecule is Cc1nc(C)c(OC[C@@H]2CCCN3CCCC[C@H]23)c(C)n1. The number of fused-ring (bicyclic) bond motifs is 1. The summed E-state index contributed by atoms with van der Waals surface area (Å²) >= 11 is 0. The number of rotatable bonds is 3. The number of piperidine rings is 2. The summed E-state index contributed by atoms with van der Waals surface area (Å²) in [5.74, 6) is 2.39. The molecule has 2 fully saturated rings. The molecule has 21 heavy (non-hydrogen) atoms. The van der Waals surface area contributed by atoms with Crippen LogP contribution in [0, 0.1) is 26.7 Å². The second-order valence-electron chi connectivity index (χ2n) is 6.58. The quantitative estimate of drug-likeness (QED) is 0.857. The molecular weight excluding hydrogens is 262 g/mol. The third-order valence-electron chi connectivity index (χ3n) is 4.99. The van der Waals surface area contributed by atoms with Gasteiger partial charge in [-0.15, -0.1) is 0 Å². The van der Waals surface area contributed by atoms with E-state index in [0.717, 1.165) is 35.6 Å². The first-order valence-electron chi connectivity index (χ1n) is 8.34. The largest absolute Gasteiger partial charge is 0.489 e. The Morgan fingerprint density at radius 1 is 1.00 bits per heavy atom. The van der Waals surface area contributed by atoms with Gasteiger partial charge in [-0.2, -0.15) is 0 Å². The van der Waals surface area contributed by atoms with E-state index in [0.29, 0.717) is 5.92 Å². The van der Waals surface area contributed by atoms with E-state index in [9.17, 15) is 0 Å². The molecule has 0 spiro atoms. The highest BCUT2D eigenvalue weighted by Gasteiger charge is 2.33. The van der Waals surface area contributed by atoms with Gasteiger partial charge >= 0.3 is 0 Å². The van der Waals surface area contributed by atoms with Gasteiger partial charge in [-0.05, 0) is 59.5 Å². The molecule has 0 amide bonds. The Labute approximate surface area is 127 Å². The maximum atomic E-state index is 6.16. The van der Waals surface area contributed by atoms with Crippen LogP contribution in [0.2, 0.25) is 0 Å². The molecule has 1 aromatic rings. The molecule has 2 aliphatic heterocycles. The van der Waals surface area contributed by atoms with Crippen LogP contribution in [0.1, 0.15) is 49.3 Å². The summed E-state index contributed by atoms with van der Waals surface area (Å²) < 4.78 is 6.16. The van der Waals surface area contributed by atoms with Gasteiger partial charge < -0.3 is 4.74 Å². The fourth-order valence-corrected chi connectivity index (χ4v) is 4.04. The van der Waals surface area contributed by atoms with E-state index in [1.165, 1.54) is 45.2 Å². The van der Waals surface area contributed by atoms with Crippen LogP contribution in [-0.2, 0) is 0 Å². The molecule has 0 unspecified atom stereocenters. The van der Waals surface area contributed by atoms with Crippen LogP contribution in [-0.4, -0.2) is 40.6 Å². The fraction of sp³-hybridized carbons (Fsp3) is 0.765. The zero-order chi connectivity index (χ0) is 14.8. The smallest absolute Gasteiger partial charge is 0.161 e. The van der Waals surface area contributed by atoms with E-state index < -0.39 is 0 Å². The van der Waals surface area contributed by atoms with Crippen molar-refractivity contribution in [1.82, 2.24) is 14.9 Å². The van der Waals surface area contributed by atoms with Crippen LogP contribution in [0.25, 0.3) is 0 Å². The first-order chi connectivity index (χ1) is 10.1. The van der Waals surface area contributed by atoms with Crippen molar-refractivity contribution in [3.05, 3.63) is 17.2 Å². The molecule has 3 heterocycles. The summed E-state index contributed by atoms with van der Waals surface area (Å²) in [6, 6.07) is 0.736. The monoisotopic (exact) mass is 289 g/mol. The molecule has 0 N–H and O–H groups in total. The third-order valence-corrected chi connectivity index (χ3v) is 4.99.